The predicted octanol–water partition coefficient (Wildman–Crippen LogP) is 3.75. The Morgan fingerprint density at radius 2 is 1.74 bits per heavy atom. The molecule has 1 saturated carbocycles. The number of hydrogen-bond acceptors (Lipinski definition) is 6. The molecule has 1 aliphatic carbocycles. The highest BCUT2D eigenvalue weighted by molar-refractivity contribution is 8.00. The summed E-state index contributed by atoms with van der Waals surface area (Å²) >= 11 is 1.44. The molecule has 9 heteroatoms. The van der Waals surface area contributed by atoms with Crippen LogP contribution in [0.4, 0.5) is 0 Å². The highest BCUT2D eigenvalue weighted by atomic mass is 32.2. The number of thioether (sulfide) groups is 1. The molecular formula is C25H28N4O3S2. The summed E-state index contributed by atoms with van der Waals surface area (Å²) < 4.78 is 27.6. The van der Waals surface area contributed by atoms with Crippen LogP contribution in [0.2, 0.25) is 0 Å². The van der Waals surface area contributed by atoms with Crippen LogP contribution in [0.1, 0.15) is 35.7 Å². The lowest BCUT2D eigenvalue weighted by Crippen LogP contribution is -2.51. The predicted molar refractivity (Wildman–Crippen MR) is 133 cm³/mol. The summed E-state index contributed by atoms with van der Waals surface area (Å²) in [6.45, 7) is 5.26. The van der Waals surface area contributed by atoms with Gasteiger partial charge in [-0.15, -0.1) is 0 Å². The van der Waals surface area contributed by atoms with Gasteiger partial charge in [-0.2, -0.15) is 4.31 Å². The van der Waals surface area contributed by atoms with Gasteiger partial charge in [0.05, 0.1) is 16.2 Å². The van der Waals surface area contributed by atoms with Crippen molar-refractivity contribution in [3.63, 3.8) is 0 Å². The van der Waals surface area contributed by atoms with E-state index in [4.69, 9.17) is 9.97 Å². The van der Waals surface area contributed by atoms with Crippen LogP contribution in [-0.4, -0.2) is 65.4 Å². The SMILES string of the molecule is Cc1ccc(S(=O)(=O)N2CCN(C(=O)CSc3nc(C4CC4)nc4ccccc34)CC2)cc1C. The molecule has 1 aliphatic heterocycles. The van der Waals surface area contributed by atoms with E-state index in [9.17, 15) is 13.2 Å². The summed E-state index contributed by atoms with van der Waals surface area (Å²) in [6.07, 6.45) is 2.24. The van der Waals surface area contributed by atoms with Crippen LogP contribution < -0.4 is 0 Å². The van der Waals surface area contributed by atoms with Gasteiger partial charge in [-0.1, -0.05) is 36.0 Å². The van der Waals surface area contributed by atoms with E-state index in [0.29, 0.717) is 37.0 Å². The van der Waals surface area contributed by atoms with Gasteiger partial charge in [-0.3, -0.25) is 4.79 Å². The normalized spacial score (nSPS) is 17.3. The number of para-hydroxylation sites is 1. The number of amides is 1. The molecule has 7 nitrogen and oxygen atoms in total. The smallest absolute Gasteiger partial charge is 0.243 e. The third kappa shape index (κ3) is 4.69. The number of carbonyl (C=O) groups is 1. The minimum Gasteiger partial charge on any atom is -0.339 e. The van der Waals surface area contributed by atoms with E-state index >= 15 is 0 Å². The average molecular weight is 497 g/mol. The Balaban J connectivity index is 1.23. The number of piperazine rings is 1. The topological polar surface area (TPSA) is 83.5 Å². The Kier molecular flexibility index (Phi) is 6.35. The fraction of sp³-hybridized carbons (Fsp3) is 0.400. The molecule has 1 aromatic heterocycles. The van der Waals surface area contributed by atoms with Crippen molar-refractivity contribution < 1.29 is 13.2 Å². The number of benzene rings is 2. The highest BCUT2D eigenvalue weighted by Crippen LogP contribution is 2.39. The first-order valence-electron chi connectivity index (χ1n) is 11.6. The summed E-state index contributed by atoms with van der Waals surface area (Å²) in [5, 5.41) is 1.81. The van der Waals surface area contributed by atoms with Gasteiger partial charge in [0, 0.05) is 37.5 Å². The molecule has 2 aromatic carbocycles. The molecule has 0 spiro atoms. The van der Waals surface area contributed by atoms with E-state index in [1.54, 1.807) is 17.0 Å². The van der Waals surface area contributed by atoms with Gasteiger partial charge in [0.2, 0.25) is 15.9 Å². The van der Waals surface area contributed by atoms with Gasteiger partial charge in [-0.25, -0.2) is 18.4 Å². The zero-order chi connectivity index (χ0) is 23.9. The van der Waals surface area contributed by atoms with Gasteiger partial charge in [0.25, 0.3) is 0 Å². The number of rotatable bonds is 6. The van der Waals surface area contributed by atoms with Gasteiger partial charge >= 0.3 is 0 Å². The Morgan fingerprint density at radius 1 is 1.00 bits per heavy atom. The summed E-state index contributed by atoms with van der Waals surface area (Å²) in [6, 6.07) is 13.1. The Hall–Kier alpha value is -2.49. The fourth-order valence-electron chi connectivity index (χ4n) is 4.12. The second-order valence-corrected chi connectivity index (χ2v) is 11.9. The van der Waals surface area contributed by atoms with Crippen LogP contribution in [0.15, 0.2) is 52.4 Å². The number of aryl methyl sites for hydroxylation is 2. The molecule has 34 heavy (non-hydrogen) atoms. The molecule has 1 amide bonds. The molecule has 1 saturated heterocycles. The molecule has 0 radical (unpaired) electrons. The molecule has 5 rings (SSSR count). The molecule has 0 bridgehead atoms. The zero-order valence-corrected chi connectivity index (χ0v) is 21.0. The third-order valence-electron chi connectivity index (χ3n) is 6.57. The first kappa shape index (κ1) is 23.3. The maximum Gasteiger partial charge on any atom is 0.243 e. The minimum absolute atomic E-state index is 0.00361. The number of carbonyl (C=O) groups excluding carboxylic acids is 1. The van der Waals surface area contributed by atoms with Crippen molar-refractivity contribution in [3.8, 4) is 0 Å². The van der Waals surface area contributed by atoms with E-state index in [1.165, 1.54) is 16.1 Å². The summed E-state index contributed by atoms with van der Waals surface area (Å²) in [5.74, 6) is 1.59. The summed E-state index contributed by atoms with van der Waals surface area (Å²) in [4.78, 5) is 24.5. The number of aromatic nitrogens is 2. The van der Waals surface area contributed by atoms with Gasteiger partial charge in [-0.05, 0) is 56.0 Å². The quantitative estimate of drug-likeness (QED) is 0.382. The fourth-order valence-corrected chi connectivity index (χ4v) is 6.56. The van der Waals surface area contributed by atoms with Gasteiger partial charge < -0.3 is 4.90 Å². The lowest BCUT2D eigenvalue weighted by molar-refractivity contribution is -0.129. The van der Waals surface area contributed by atoms with Crippen LogP contribution >= 0.6 is 11.8 Å². The maximum atomic E-state index is 13.1. The standard InChI is InChI=1S/C25H28N4O3S2/c1-17-7-10-20(15-18(17)2)34(31,32)29-13-11-28(12-14-29)23(30)16-33-25-21-5-3-4-6-22(21)26-24(27-25)19-8-9-19/h3-7,10,15,19H,8-9,11-14,16H2,1-2H3. The van der Waals surface area contributed by atoms with Crippen molar-refractivity contribution in [1.29, 1.82) is 0 Å². The Morgan fingerprint density at radius 3 is 2.44 bits per heavy atom. The van der Waals surface area contributed by atoms with Crippen LogP contribution in [-0.2, 0) is 14.8 Å². The lowest BCUT2D eigenvalue weighted by atomic mass is 10.1. The minimum atomic E-state index is -3.56. The summed E-state index contributed by atoms with van der Waals surface area (Å²) in [5.41, 5.74) is 2.93. The zero-order valence-electron chi connectivity index (χ0n) is 19.4. The molecular weight excluding hydrogens is 468 g/mol. The molecule has 2 aliphatic rings. The summed E-state index contributed by atoms with van der Waals surface area (Å²) in [7, 11) is -3.56. The molecule has 0 N–H and O–H groups in total. The highest BCUT2D eigenvalue weighted by Gasteiger charge is 2.31. The first-order chi connectivity index (χ1) is 16.3. The average Bonchev–Trinajstić information content (AvgIpc) is 3.69. The number of sulfonamides is 1. The lowest BCUT2D eigenvalue weighted by Gasteiger charge is -2.34. The van der Waals surface area contributed by atoms with E-state index in [0.717, 1.165) is 45.7 Å². The van der Waals surface area contributed by atoms with Crippen LogP contribution in [0, 0.1) is 13.8 Å². The Bertz CT molecular complexity index is 1350. The van der Waals surface area contributed by atoms with Gasteiger partial charge in [0.15, 0.2) is 0 Å². The molecule has 0 unspecified atom stereocenters. The Labute approximate surface area is 204 Å². The first-order valence-corrected chi connectivity index (χ1v) is 14.0. The van der Waals surface area contributed by atoms with E-state index in [2.05, 4.69) is 0 Å². The third-order valence-corrected chi connectivity index (χ3v) is 9.44. The van der Waals surface area contributed by atoms with Crippen molar-refractivity contribution in [3.05, 3.63) is 59.4 Å². The van der Waals surface area contributed by atoms with E-state index in [-0.39, 0.29) is 11.7 Å². The molecule has 3 aromatic rings. The van der Waals surface area contributed by atoms with Crippen molar-refractivity contribution in [2.75, 3.05) is 31.9 Å². The van der Waals surface area contributed by atoms with Gasteiger partial charge in [0.1, 0.15) is 10.9 Å². The molecule has 0 atom stereocenters. The molecule has 2 heterocycles. The van der Waals surface area contributed by atoms with Crippen LogP contribution in [0.25, 0.3) is 10.9 Å². The number of nitrogens with zero attached hydrogens (tertiary/aromatic N) is 4. The van der Waals surface area contributed by atoms with Crippen LogP contribution in [0.3, 0.4) is 0 Å². The maximum absolute atomic E-state index is 13.1. The second-order valence-electron chi connectivity index (χ2n) is 9.00. The van der Waals surface area contributed by atoms with Crippen molar-refractivity contribution >= 4 is 38.6 Å². The van der Waals surface area contributed by atoms with Crippen molar-refractivity contribution in [2.24, 2.45) is 0 Å². The van der Waals surface area contributed by atoms with Crippen molar-refractivity contribution in [1.82, 2.24) is 19.2 Å². The molecule has 2 fully saturated rings. The van der Waals surface area contributed by atoms with Crippen molar-refractivity contribution in [2.45, 2.75) is 42.5 Å². The largest absolute Gasteiger partial charge is 0.339 e. The monoisotopic (exact) mass is 496 g/mol. The molecule has 178 valence electrons. The number of fused-ring (bicyclic) bond motifs is 1. The van der Waals surface area contributed by atoms with Crippen LogP contribution in [0.5, 0.6) is 0 Å². The van der Waals surface area contributed by atoms with E-state index in [1.807, 2.05) is 44.2 Å². The number of hydrogen-bond donors (Lipinski definition) is 0. The second kappa shape index (κ2) is 9.28. The van der Waals surface area contributed by atoms with E-state index < -0.39 is 10.0 Å².